The second-order valence-corrected chi connectivity index (χ2v) is 14.0. The Morgan fingerprint density at radius 3 is 2.30 bits per heavy atom. The van der Waals surface area contributed by atoms with Crippen molar-refractivity contribution < 1.29 is 18.5 Å². The summed E-state index contributed by atoms with van der Waals surface area (Å²) in [5, 5.41) is 1.02. The first-order chi connectivity index (χ1) is 20.7. The molecular formula is C33H32Cl2N2O4S2. The smallest absolute Gasteiger partial charge is 0.263 e. The largest absolute Gasteiger partial charge is 0.494 e. The number of nitrogens with two attached hydrogens (primary N) is 1. The highest BCUT2D eigenvalue weighted by Crippen LogP contribution is 2.44. The molecule has 0 saturated carbocycles. The highest BCUT2D eigenvalue weighted by atomic mass is 35.5. The van der Waals surface area contributed by atoms with Crippen molar-refractivity contribution in [3.05, 3.63) is 99.3 Å². The Kier molecular flexibility index (Phi) is 9.92. The van der Waals surface area contributed by atoms with Crippen LogP contribution in [-0.2, 0) is 21.0 Å². The Labute approximate surface area is 268 Å². The quantitative estimate of drug-likeness (QED) is 0.183. The minimum absolute atomic E-state index is 0.0954. The van der Waals surface area contributed by atoms with Crippen LogP contribution in [0.3, 0.4) is 0 Å². The summed E-state index contributed by atoms with van der Waals surface area (Å²) in [5.41, 5.74) is 8.54. The Hall–Kier alpha value is -3.17. The molecule has 0 radical (unpaired) electrons. The molecular weight excluding hydrogens is 623 g/mol. The van der Waals surface area contributed by atoms with Gasteiger partial charge >= 0.3 is 0 Å². The van der Waals surface area contributed by atoms with Gasteiger partial charge in [0.25, 0.3) is 5.91 Å². The number of carbonyl (C=O) groups excluding carboxylic acids is 2. The number of hydrogen-bond donors (Lipinski definition) is 1. The van der Waals surface area contributed by atoms with E-state index in [0.29, 0.717) is 65.4 Å². The molecule has 2 amide bonds. The maximum atomic E-state index is 13.9. The van der Waals surface area contributed by atoms with Gasteiger partial charge in [0.1, 0.15) is 5.75 Å². The van der Waals surface area contributed by atoms with Gasteiger partial charge in [-0.3, -0.25) is 13.8 Å². The minimum Gasteiger partial charge on any atom is -0.494 e. The molecule has 6 nitrogen and oxygen atoms in total. The second kappa shape index (κ2) is 13.6. The van der Waals surface area contributed by atoms with Gasteiger partial charge in [-0.15, -0.1) is 11.3 Å². The lowest BCUT2D eigenvalue weighted by molar-refractivity contribution is -0.125. The van der Waals surface area contributed by atoms with E-state index in [4.69, 9.17) is 33.7 Å². The number of rotatable bonds is 10. The highest BCUT2D eigenvalue weighted by Gasteiger charge is 2.42. The fourth-order valence-corrected chi connectivity index (χ4v) is 7.64. The van der Waals surface area contributed by atoms with E-state index in [-0.39, 0.29) is 11.8 Å². The third-order valence-corrected chi connectivity index (χ3v) is 10.4. The number of ether oxygens (including phenoxy) is 1. The normalized spacial score (nSPS) is 15.2. The Balaban J connectivity index is 1.41. The lowest BCUT2D eigenvalue weighted by Crippen LogP contribution is -2.51. The van der Waals surface area contributed by atoms with Gasteiger partial charge in [0.05, 0.1) is 16.9 Å². The zero-order valence-electron chi connectivity index (χ0n) is 23.7. The van der Waals surface area contributed by atoms with Gasteiger partial charge in [-0.2, -0.15) is 0 Å². The number of likely N-dealkylation sites (tertiary alicyclic amines) is 1. The molecule has 0 bridgehead atoms. The zero-order valence-corrected chi connectivity index (χ0v) is 26.8. The molecule has 1 aromatic heterocycles. The van der Waals surface area contributed by atoms with Crippen molar-refractivity contribution >= 4 is 57.2 Å². The van der Waals surface area contributed by atoms with Gasteiger partial charge in [-0.25, -0.2) is 0 Å². The molecule has 224 valence electrons. The number of carbonyl (C=O) groups is 2. The minimum atomic E-state index is -0.844. The summed E-state index contributed by atoms with van der Waals surface area (Å²) in [6.07, 6.45) is 3.32. The van der Waals surface area contributed by atoms with Crippen LogP contribution in [0, 0.1) is 0 Å². The van der Waals surface area contributed by atoms with E-state index in [1.165, 1.54) is 11.3 Å². The van der Waals surface area contributed by atoms with Crippen LogP contribution in [0.2, 0.25) is 10.0 Å². The molecule has 1 unspecified atom stereocenters. The number of amides is 2. The molecule has 0 spiro atoms. The van der Waals surface area contributed by atoms with E-state index in [9.17, 15) is 13.8 Å². The third-order valence-electron chi connectivity index (χ3n) is 7.83. The summed E-state index contributed by atoms with van der Waals surface area (Å²) >= 11 is 14.2. The van der Waals surface area contributed by atoms with Gasteiger partial charge in [0.15, 0.2) is 0 Å². The van der Waals surface area contributed by atoms with Crippen LogP contribution in [0.25, 0.3) is 21.6 Å². The SMILES string of the molecule is CS(=O)CCCOc1ccc(-c2sc(C(=O)N3CCC(C(N)=O)(c4ccccc4)CC3)cc2-c2ccc(Cl)cc2Cl)cc1. The number of piperidine rings is 1. The van der Waals surface area contributed by atoms with E-state index < -0.39 is 16.2 Å². The number of nitrogens with zero attached hydrogens (tertiary/aromatic N) is 1. The van der Waals surface area contributed by atoms with E-state index >= 15 is 0 Å². The fraction of sp³-hybridized carbons (Fsp3) is 0.273. The molecule has 43 heavy (non-hydrogen) atoms. The molecule has 2 heterocycles. The average Bonchev–Trinajstić information content (AvgIpc) is 3.44. The lowest BCUT2D eigenvalue weighted by atomic mass is 9.72. The van der Waals surface area contributed by atoms with Crippen LogP contribution in [0.4, 0.5) is 0 Å². The van der Waals surface area contributed by atoms with Gasteiger partial charge in [-0.1, -0.05) is 59.6 Å². The summed E-state index contributed by atoms with van der Waals surface area (Å²) in [4.78, 5) is 29.8. The van der Waals surface area contributed by atoms with Crippen LogP contribution in [0.15, 0.2) is 78.9 Å². The summed E-state index contributed by atoms with van der Waals surface area (Å²) in [7, 11) is -0.844. The van der Waals surface area contributed by atoms with Crippen LogP contribution >= 0.6 is 34.5 Å². The van der Waals surface area contributed by atoms with Gasteiger partial charge in [0.2, 0.25) is 5.91 Å². The number of benzene rings is 3. The standard InChI is InChI=1S/C33H32Cl2N2O4S2/c1-43(40)19-5-18-41-25-11-8-22(9-12-25)30-27(26-13-10-24(34)20-28(26)35)21-29(42-30)31(38)37-16-14-33(15-17-37,32(36)39)23-6-3-2-4-7-23/h2-4,6-13,20-21H,5,14-19H2,1H3,(H2,36,39). The zero-order chi connectivity index (χ0) is 30.6. The molecule has 10 heteroatoms. The molecule has 5 rings (SSSR count). The van der Waals surface area contributed by atoms with Gasteiger partial charge in [0, 0.05) is 61.9 Å². The predicted octanol–water partition coefficient (Wildman–Crippen LogP) is 7.20. The molecule has 4 aromatic rings. The Morgan fingerprint density at radius 1 is 0.977 bits per heavy atom. The Bertz CT molecular complexity index is 1630. The van der Waals surface area contributed by atoms with E-state index in [2.05, 4.69) is 0 Å². The molecule has 1 aliphatic heterocycles. The van der Waals surface area contributed by atoms with Crippen molar-refractivity contribution in [3.63, 3.8) is 0 Å². The van der Waals surface area contributed by atoms with Gasteiger partial charge in [-0.05, 0) is 72.9 Å². The fourth-order valence-electron chi connectivity index (χ4n) is 5.46. The first kappa shape index (κ1) is 31.3. The molecule has 2 N–H and O–H groups in total. The monoisotopic (exact) mass is 654 g/mol. The number of thiophene rings is 1. The summed E-state index contributed by atoms with van der Waals surface area (Å²) in [6.45, 7) is 1.32. The first-order valence-electron chi connectivity index (χ1n) is 14.0. The van der Waals surface area contributed by atoms with Crippen molar-refractivity contribution in [1.29, 1.82) is 0 Å². The summed E-state index contributed by atoms with van der Waals surface area (Å²) < 4.78 is 17.1. The number of hydrogen-bond acceptors (Lipinski definition) is 5. The van der Waals surface area contributed by atoms with Crippen LogP contribution < -0.4 is 10.5 Å². The first-order valence-corrected chi connectivity index (χ1v) is 17.2. The molecule has 1 aliphatic rings. The molecule has 0 aliphatic carbocycles. The van der Waals surface area contributed by atoms with Gasteiger partial charge < -0.3 is 15.4 Å². The van der Waals surface area contributed by atoms with Crippen LogP contribution in [0.1, 0.15) is 34.5 Å². The lowest BCUT2D eigenvalue weighted by Gasteiger charge is -2.40. The average molecular weight is 656 g/mol. The van der Waals surface area contributed by atoms with Crippen molar-refractivity contribution in [3.8, 4) is 27.3 Å². The van der Waals surface area contributed by atoms with Crippen molar-refractivity contribution in [1.82, 2.24) is 4.90 Å². The predicted molar refractivity (Wildman–Crippen MR) is 177 cm³/mol. The summed E-state index contributed by atoms with van der Waals surface area (Å²) in [5.74, 6) is 0.857. The highest BCUT2D eigenvalue weighted by molar-refractivity contribution is 7.84. The number of primary amides is 1. The van der Waals surface area contributed by atoms with E-state index in [0.717, 1.165) is 27.1 Å². The van der Waals surface area contributed by atoms with Crippen LogP contribution in [-0.4, -0.2) is 52.6 Å². The van der Waals surface area contributed by atoms with Crippen molar-refractivity contribution in [2.24, 2.45) is 5.73 Å². The molecule has 3 aromatic carbocycles. The molecule has 1 fully saturated rings. The van der Waals surface area contributed by atoms with E-state index in [1.807, 2.05) is 66.7 Å². The van der Waals surface area contributed by atoms with Crippen LogP contribution in [0.5, 0.6) is 5.75 Å². The van der Waals surface area contributed by atoms with Crippen molar-refractivity contribution in [2.45, 2.75) is 24.7 Å². The van der Waals surface area contributed by atoms with E-state index in [1.54, 1.807) is 23.3 Å². The Morgan fingerprint density at radius 2 is 1.67 bits per heavy atom. The molecule has 1 atom stereocenters. The maximum absolute atomic E-state index is 13.9. The number of halogens is 2. The molecule has 1 saturated heterocycles. The van der Waals surface area contributed by atoms with Crippen molar-refractivity contribution in [2.75, 3.05) is 31.7 Å². The second-order valence-electron chi connectivity index (χ2n) is 10.6. The summed E-state index contributed by atoms with van der Waals surface area (Å²) in [6, 6.07) is 24.5. The third kappa shape index (κ3) is 6.99. The topological polar surface area (TPSA) is 89.7 Å². The maximum Gasteiger partial charge on any atom is 0.263 e.